The van der Waals surface area contributed by atoms with Crippen molar-refractivity contribution in [1.82, 2.24) is 8.96 Å². The van der Waals surface area contributed by atoms with Gasteiger partial charge in [-0.25, -0.2) is 21.8 Å². The standard InChI is InChI=1S/C18H18FN3O3S/c1-13-2-4-14(5-3-13)26(23,24)22-7-6-15-17(19)16(12-20-18(15)22)21-8-10-25-11-9-21/h2-7,12H,8-11H2,1H3. The van der Waals surface area contributed by atoms with Crippen molar-refractivity contribution in [2.45, 2.75) is 11.8 Å². The van der Waals surface area contributed by atoms with Gasteiger partial charge in [0.15, 0.2) is 11.5 Å². The highest BCUT2D eigenvalue weighted by molar-refractivity contribution is 7.90. The van der Waals surface area contributed by atoms with E-state index in [-0.39, 0.29) is 15.9 Å². The Hall–Kier alpha value is -2.45. The van der Waals surface area contributed by atoms with Gasteiger partial charge in [-0.3, -0.25) is 0 Å². The highest BCUT2D eigenvalue weighted by Gasteiger charge is 2.23. The van der Waals surface area contributed by atoms with Crippen LogP contribution in [0, 0.1) is 12.7 Å². The number of aryl methyl sites for hydroxylation is 1. The van der Waals surface area contributed by atoms with Gasteiger partial charge in [-0.15, -0.1) is 0 Å². The van der Waals surface area contributed by atoms with Crippen LogP contribution < -0.4 is 4.90 Å². The van der Waals surface area contributed by atoms with Gasteiger partial charge in [0.05, 0.1) is 35.4 Å². The number of hydrogen-bond donors (Lipinski definition) is 0. The van der Waals surface area contributed by atoms with E-state index in [0.717, 1.165) is 9.54 Å². The summed E-state index contributed by atoms with van der Waals surface area (Å²) >= 11 is 0. The molecule has 0 saturated carbocycles. The molecule has 0 spiro atoms. The predicted molar refractivity (Wildman–Crippen MR) is 96.5 cm³/mol. The van der Waals surface area contributed by atoms with Crippen LogP contribution in [0.1, 0.15) is 5.56 Å². The summed E-state index contributed by atoms with van der Waals surface area (Å²) in [5, 5.41) is 0.185. The number of fused-ring (bicyclic) bond motifs is 1. The van der Waals surface area contributed by atoms with Gasteiger partial charge in [-0.1, -0.05) is 17.7 Å². The molecule has 0 unspecified atom stereocenters. The first kappa shape index (κ1) is 17.0. The van der Waals surface area contributed by atoms with E-state index in [2.05, 4.69) is 4.98 Å². The fourth-order valence-corrected chi connectivity index (χ4v) is 4.36. The van der Waals surface area contributed by atoms with E-state index in [1.54, 1.807) is 12.1 Å². The molecule has 1 aliphatic heterocycles. The SMILES string of the molecule is Cc1ccc(S(=O)(=O)n2ccc3c(F)c(N4CCOCC4)cnc32)cc1. The van der Waals surface area contributed by atoms with Crippen molar-refractivity contribution in [1.29, 1.82) is 0 Å². The second-order valence-electron chi connectivity index (χ2n) is 6.22. The highest BCUT2D eigenvalue weighted by Crippen LogP contribution is 2.29. The Kier molecular flexibility index (Phi) is 4.16. The summed E-state index contributed by atoms with van der Waals surface area (Å²) < 4.78 is 47.1. The molecule has 8 heteroatoms. The van der Waals surface area contributed by atoms with E-state index in [9.17, 15) is 12.8 Å². The van der Waals surface area contributed by atoms with Crippen LogP contribution in [0.3, 0.4) is 0 Å². The minimum atomic E-state index is -3.84. The van der Waals surface area contributed by atoms with Gasteiger partial charge in [-0.05, 0) is 25.1 Å². The second-order valence-corrected chi connectivity index (χ2v) is 8.04. The number of aromatic nitrogens is 2. The number of anilines is 1. The molecule has 4 rings (SSSR count). The molecule has 1 aromatic carbocycles. The lowest BCUT2D eigenvalue weighted by molar-refractivity contribution is 0.122. The van der Waals surface area contributed by atoms with Gasteiger partial charge in [0.1, 0.15) is 0 Å². The summed E-state index contributed by atoms with van der Waals surface area (Å²) in [4.78, 5) is 6.24. The van der Waals surface area contributed by atoms with Crippen LogP contribution >= 0.6 is 0 Å². The lowest BCUT2D eigenvalue weighted by atomic mass is 10.2. The molecule has 1 aliphatic rings. The van der Waals surface area contributed by atoms with Crippen molar-refractivity contribution in [3.8, 4) is 0 Å². The van der Waals surface area contributed by atoms with Gasteiger partial charge in [0.25, 0.3) is 10.0 Å². The number of nitrogens with zero attached hydrogens (tertiary/aromatic N) is 3. The van der Waals surface area contributed by atoms with Gasteiger partial charge in [0, 0.05) is 19.3 Å². The molecule has 0 radical (unpaired) electrons. The van der Waals surface area contributed by atoms with E-state index >= 15 is 0 Å². The maximum Gasteiger partial charge on any atom is 0.269 e. The molecule has 136 valence electrons. The third-order valence-electron chi connectivity index (χ3n) is 4.53. The molecule has 0 amide bonds. The van der Waals surface area contributed by atoms with Gasteiger partial charge in [-0.2, -0.15) is 0 Å². The lowest BCUT2D eigenvalue weighted by Gasteiger charge is -2.28. The second kappa shape index (κ2) is 6.37. The highest BCUT2D eigenvalue weighted by atomic mass is 32.2. The topological polar surface area (TPSA) is 64.4 Å². The summed E-state index contributed by atoms with van der Waals surface area (Å²) in [6.45, 7) is 4.09. The van der Waals surface area contributed by atoms with Crippen molar-refractivity contribution in [2.24, 2.45) is 0 Å². The zero-order valence-corrected chi connectivity index (χ0v) is 15.0. The average Bonchev–Trinajstić information content (AvgIpc) is 3.09. The number of hydrogen-bond acceptors (Lipinski definition) is 5. The summed E-state index contributed by atoms with van der Waals surface area (Å²) in [6, 6.07) is 7.98. The monoisotopic (exact) mass is 375 g/mol. The molecule has 26 heavy (non-hydrogen) atoms. The third kappa shape index (κ3) is 2.75. The first-order chi connectivity index (χ1) is 12.5. The quantitative estimate of drug-likeness (QED) is 0.704. The molecule has 0 aliphatic carbocycles. The largest absolute Gasteiger partial charge is 0.378 e. The summed E-state index contributed by atoms with van der Waals surface area (Å²) in [7, 11) is -3.84. The van der Waals surface area contributed by atoms with Gasteiger partial charge < -0.3 is 9.64 Å². The van der Waals surface area contributed by atoms with E-state index < -0.39 is 15.8 Å². The van der Waals surface area contributed by atoms with Crippen LogP contribution in [0.5, 0.6) is 0 Å². The zero-order valence-electron chi connectivity index (χ0n) is 14.2. The number of morpholine rings is 1. The van der Waals surface area contributed by atoms with Crippen molar-refractivity contribution >= 4 is 26.7 Å². The molecule has 1 fully saturated rings. The number of halogens is 1. The maximum atomic E-state index is 15.0. The Morgan fingerprint density at radius 1 is 1.12 bits per heavy atom. The van der Waals surface area contributed by atoms with E-state index in [0.29, 0.717) is 32.0 Å². The Morgan fingerprint density at radius 3 is 2.50 bits per heavy atom. The summed E-state index contributed by atoms with van der Waals surface area (Å²) in [5.41, 5.74) is 1.41. The van der Waals surface area contributed by atoms with Gasteiger partial charge >= 0.3 is 0 Å². The van der Waals surface area contributed by atoms with E-state index in [1.807, 2.05) is 11.8 Å². The summed E-state index contributed by atoms with van der Waals surface area (Å²) in [6.07, 6.45) is 2.74. The van der Waals surface area contributed by atoms with Crippen molar-refractivity contribution in [3.63, 3.8) is 0 Å². The normalized spacial score (nSPS) is 15.5. The molecule has 6 nitrogen and oxygen atoms in total. The Labute approximate surface area is 150 Å². The van der Waals surface area contributed by atoms with Crippen LogP contribution in [0.2, 0.25) is 0 Å². The van der Waals surface area contributed by atoms with Crippen molar-refractivity contribution in [2.75, 3.05) is 31.2 Å². The zero-order chi connectivity index (χ0) is 18.3. The molecule has 3 aromatic rings. The fraction of sp³-hybridized carbons (Fsp3) is 0.278. The Morgan fingerprint density at radius 2 is 1.81 bits per heavy atom. The van der Waals surface area contributed by atoms with E-state index in [1.165, 1.54) is 30.6 Å². The first-order valence-electron chi connectivity index (χ1n) is 8.29. The molecule has 3 heterocycles. The molecule has 1 saturated heterocycles. The Bertz CT molecular complexity index is 1060. The first-order valence-corrected chi connectivity index (χ1v) is 9.73. The van der Waals surface area contributed by atoms with Crippen LogP contribution in [-0.4, -0.2) is 43.7 Å². The molecule has 2 aromatic heterocycles. The van der Waals surface area contributed by atoms with Crippen LogP contribution in [-0.2, 0) is 14.8 Å². The van der Waals surface area contributed by atoms with Crippen molar-refractivity contribution < 1.29 is 17.5 Å². The summed E-state index contributed by atoms with van der Waals surface area (Å²) in [5.74, 6) is -0.463. The average molecular weight is 375 g/mol. The minimum Gasteiger partial charge on any atom is -0.378 e. The number of benzene rings is 1. The minimum absolute atomic E-state index is 0.0834. The van der Waals surface area contributed by atoms with E-state index in [4.69, 9.17) is 4.74 Å². The number of rotatable bonds is 3. The fourth-order valence-electron chi connectivity index (χ4n) is 3.06. The van der Waals surface area contributed by atoms with Gasteiger partial charge in [0.2, 0.25) is 0 Å². The molecule has 0 bridgehead atoms. The molecule has 0 atom stereocenters. The number of ether oxygens (including phenoxy) is 1. The van der Waals surface area contributed by atoms with Crippen LogP contribution in [0.25, 0.3) is 11.0 Å². The predicted octanol–water partition coefficient (Wildman–Crippen LogP) is 2.56. The Balaban J connectivity index is 1.80. The lowest BCUT2D eigenvalue weighted by Crippen LogP contribution is -2.36. The molecule has 0 N–H and O–H groups in total. The van der Waals surface area contributed by atoms with Crippen molar-refractivity contribution in [3.05, 3.63) is 54.1 Å². The van der Waals surface area contributed by atoms with Crippen LogP contribution in [0.15, 0.2) is 47.6 Å². The molecular formula is C18H18FN3O3S. The molecular weight excluding hydrogens is 357 g/mol. The smallest absolute Gasteiger partial charge is 0.269 e. The van der Waals surface area contributed by atoms with Crippen LogP contribution in [0.4, 0.5) is 10.1 Å². The third-order valence-corrected chi connectivity index (χ3v) is 6.21. The number of pyridine rings is 1. The maximum absolute atomic E-state index is 15.0.